The van der Waals surface area contributed by atoms with Gasteiger partial charge in [0.25, 0.3) is 0 Å². The van der Waals surface area contributed by atoms with Gasteiger partial charge in [-0.15, -0.1) is 11.3 Å². The van der Waals surface area contributed by atoms with Crippen LogP contribution in [0.3, 0.4) is 0 Å². The lowest BCUT2D eigenvalue weighted by Crippen LogP contribution is -2.48. The van der Waals surface area contributed by atoms with Crippen LogP contribution in [-0.2, 0) is 0 Å². The largest absolute Gasteiger partial charge is 0.361 e. The van der Waals surface area contributed by atoms with Crippen molar-refractivity contribution in [1.82, 2.24) is 14.8 Å². The fourth-order valence-corrected chi connectivity index (χ4v) is 3.22. The molecule has 1 atom stereocenters. The van der Waals surface area contributed by atoms with Gasteiger partial charge in [-0.3, -0.25) is 4.90 Å². The van der Waals surface area contributed by atoms with Crippen LogP contribution in [0, 0.1) is 13.8 Å². The standard InChI is InChI=1S/C14H26N4S/c1-11(18-9-7-17(4)8-10-18)5-6-15-14-16-12(2)13(3)19-14/h11H,5-10H2,1-4H3,(H,15,16)/t11-/m1/s1. The zero-order valence-electron chi connectivity index (χ0n) is 12.6. The molecule has 108 valence electrons. The van der Waals surface area contributed by atoms with E-state index < -0.39 is 0 Å². The molecule has 0 saturated carbocycles. The molecule has 0 unspecified atom stereocenters. The predicted octanol–water partition coefficient (Wildman–Crippen LogP) is 2.20. The first-order chi connectivity index (χ1) is 9.06. The number of hydrogen-bond acceptors (Lipinski definition) is 5. The second-order valence-corrected chi connectivity index (χ2v) is 6.77. The number of nitrogens with zero attached hydrogens (tertiary/aromatic N) is 3. The molecule has 19 heavy (non-hydrogen) atoms. The zero-order valence-corrected chi connectivity index (χ0v) is 13.4. The van der Waals surface area contributed by atoms with Gasteiger partial charge in [0, 0.05) is 43.6 Å². The van der Waals surface area contributed by atoms with E-state index in [4.69, 9.17) is 0 Å². The van der Waals surface area contributed by atoms with Crippen molar-refractivity contribution in [2.75, 3.05) is 45.1 Å². The molecule has 0 aliphatic carbocycles. The first kappa shape index (κ1) is 14.8. The Balaban J connectivity index is 1.70. The number of anilines is 1. The van der Waals surface area contributed by atoms with Crippen LogP contribution >= 0.6 is 11.3 Å². The first-order valence-electron chi connectivity index (χ1n) is 7.16. The molecule has 0 radical (unpaired) electrons. The lowest BCUT2D eigenvalue weighted by molar-refractivity contribution is 0.116. The summed E-state index contributed by atoms with van der Waals surface area (Å²) in [5.74, 6) is 0. The van der Waals surface area contributed by atoms with E-state index >= 15 is 0 Å². The van der Waals surface area contributed by atoms with Crippen LogP contribution in [0.15, 0.2) is 0 Å². The maximum Gasteiger partial charge on any atom is 0.183 e. The fourth-order valence-electron chi connectivity index (χ4n) is 2.38. The molecular weight excluding hydrogens is 256 g/mol. The molecule has 0 bridgehead atoms. The maximum atomic E-state index is 4.52. The van der Waals surface area contributed by atoms with Gasteiger partial charge in [-0.05, 0) is 34.2 Å². The number of rotatable bonds is 5. The van der Waals surface area contributed by atoms with E-state index in [0.717, 1.165) is 17.4 Å². The molecule has 0 amide bonds. The molecule has 5 heteroatoms. The molecule has 2 heterocycles. The van der Waals surface area contributed by atoms with E-state index in [1.54, 1.807) is 11.3 Å². The van der Waals surface area contributed by atoms with Crippen molar-refractivity contribution in [2.24, 2.45) is 0 Å². The smallest absolute Gasteiger partial charge is 0.183 e. The van der Waals surface area contributed by atoms with Crippen LogP contribution in [0.1, 0.15) is 23.9 Å². The summed E-state index contributed by atoms with van der Waals surface area (Å²) in [5, 5.41) is 4.53. The minimum absolute atomic E-state index is 0.656. The van der Waals surface area contributed by atoms with Crippen LogP contribution in [-0.4, -0.2) is 60.6 Å². The third-order valence-electron chi connectivity index (χ3n) is 4.03. The van der Waals surface area contributed by atoms with E-state index in [2.05, 4.69) is 47.9 Å². The van der Waals surface area contributed by atoms with Crippen LogP contribution in [0.4, 0.5) is 5.13 Å². The minimum atomic E-state index is 0.656. The highest BCUT2D eigenvalue weighted by atomic mass is 32.1. The highest BCUT2D eigenvalue weighted by molar-refractivity contribution is 7.15. The maximum absolute atomic E-state index is 4.52. The molecule has 1 aromatic rings. The second-order valence-electron chi connectivity index (χ2n) is 5.56. The summed E-state index contributed by atoms with van der Waals surface area (Å²) in [6.07, 6.45) is 1.18. The summed E-state index contributed by atoms with van der Waals surface area (Å²) in [7, 11) is 2.21. The third-order valence-corrected chi connectivity index (χ3v) is 5.06. The van der Waals surface area contributed by atoms with Crippen molar-refractivity contribution in [1.29, 1.82) is 0 Å². The number of nitrogens with one attached hydrogen (secondary N) is 1. The van der Waals surface area contributed by atoms with Gasteiger partial charge in [-0.2, -0.15) is 0 Å². The van der Waals surface area contributed by atoms with Gasteiger partial charge >= 0.3 is 0 Å². The van der Waals surface area contributed by atoms with Crippen molar-refractivity contribution >= 4 is 16.5 Å². The second kappa shape index (κ2) is 6.68. The SMILES string of the molecule is Cc1nc(NCC[C@@H](C)N2CCN(C)CC2)sc1C. The summed E-state index contributed by atoms with van der Waals surface area (Å²) in [6.45, 7) is 12.4. The first-order valence-corrected chi connectivity index (χ1v) is 7.98. The number of piperazine rings is 1. The van der Waals surface area contributed by atoms with E-state index in [9.17, 15) is 0 Å². The molecular formula is C14H26N4S. The van der Waals surface area contributed by atoms with Crippen LogP contribution in [0.25, 0.3) is 0 Å². The van der Waals surface area contributed by atoms with Crippen molar-refractivity contribution in [3.05, 3.63) is 10.6 Å². The minimum Gasteiger partial charge on any atom is -0.361 e. The topological polar surface area (TPSA) is 31.4 Å². The van der Waals surface area contributed by atoms with Crippen molar-refractivity contribution in [3.63, 3.8) is 0 Å². The number of hydrogen-bond donors (Lipinski definition) is 1. The van der Waals surface area contributed by atoms with Crippen molar-refractivity contribution in [2.45, 2.75) is 33.2 Å². The Kier molecular flexibility index (Phi) is 5.19. The van der Waals surface area contributed by atoms with Gasteiger partial charge < -0.3 is 10.2 Å². The van der Waals surface area contributed by atoms with Gasteiger partial charge in [0.1, 0.15) is 0 Å². The van der Waals surface area contributed by atoms with E-state index in [0.29, 0.717) is 6.04 Å². The summed E-state index contributed by atoms with van der Waals surface area (Å²) < 4.78 is 0. The number of likely N-dealkylation sites (N-methyl/N-ethyl adjacent to an activating group) is 1. The van der Waals surface area contributed by atoms with Gasteiger partial charge in [-0.1, -0.05) is 0 Å². The van der Waals surface area contributed by atoms with Crippen molar-refractivity contribution in [3.8, 4) is 0 Å². The molecule has 0 spiro atoms. The van der Waals surface area contributed by atoms with Gasteiger partial charge in [0.05, 0.1) is 5.69 Å². The molecule has 0 aromatic carbocycles. The molecule has 1 N–H and O–H groups in total. The number of aromatic nitrogens is 1. The van der Waals surface area contributed by atoms with Crippen LogP contribution < -0.4 is 5.32 Å². The highest BCUT2D eigenvalue weighted by Gasteiger charge is 2.18. The average molecular weight is 282 g/mol. The van der Waals surface area contributed by atoms with E-state index in [1.165, 1.54) is 37.5 Å². The van der Waals surface area contributed by atoms with Crippen molar-refractivity contribution < 1.29 is 0 Å². The Bertz CT molecular complexity index is 377. The van der Waals surface area contributed by atoms with Gasteiger partial charge in [-0.25, -0.2) is 4.98 Å². The highest BCUT2D eigenvalue weighted by Crippen LogP contribution is 2.21. The Hall–Kier alpha value is -0.650. The molecule has 1 aliphatic heterocycles. The monoisotopic (exact) mass is 282 g/mol. The van der Waals surface area contributed by atoms with Gasteiger partial charge in [0.15, 0.2) is 5.13 Å². The molecule has 1 aromatic heterocycles. The number of thiazole rings is 1. The molecule has 4 nitrogen and oxygen atoms in total. The molecule has 1 saturated heterocycles. The Morgan fingerprint density at radius 1 is 1.26 bits per heavy atom. The molecule has 1 fully saturated rings. The molecule has 2 rings (SSSR count). The quantitative estimate of drug-likeness (QED) is 0.897. The third kappa shape index (κ3) is 4.16. The van der Waals surface area contributed by atoms with Gasteiger partial charge in [0.2, 0.25) is 0 Å². The Morgan fingerprint density at radius 3 is 2.53 bits per heavy atom. The van der Waals surface area contributed by atoms with E-state index in [1.807, 2.05) is 0 Å². The summed E-state index contributed by atoms with van der Waals surface area (Å²) in [4.78, 5) is 10.8. The summed E-state index contributed by atoms with van der Waals surface area (Å²) >= 11 is 1.76. The Morgan fingerprint density at radius 2 is 1.95 bits per heavy atom. The lowest BCUT2D eigenvalue weighted by Gasteiger charge is -2.36. The number of aryl methyl sites for hydroxylation is 2. The Labute approximate surface area is 120 Å². The predicted molar refractivity (Wildman–Crippen MR) is 83.2 cm³/mol. The van der Waals surface area contributed by atoms with E-state index in [-0.39, 0.29) is 0 Å². The lowest BCUT2D eigenvalue weighted by atomic mass is 10.2. The van der Waals surface area contributed by atoms with Crippen LogP contribution in [0.2, 0.25) is 0 Å². The molecule has 1 aliphatic rings. The summed E-state index contributed by atoms with van der Waals surface area (Å²) in [5.41, 5.74) is 1.15. The normalized spacial score (nSPS) is 19.6. The zero-order chi connectivity index (χ0) is 13.8. The van der Waals surface area contributed by atoms with Crippen LogP contribution in [0.5, 0.6) is 0 Å². The average Bonchev–Trinajstić information content (AvgIpc) is 2.69. The summed E-state index contributed by atoms with van der Waals surface area (Å²) in [6, 6.07) is 0.656. The fraction of sp³-hybridized carbons (Fsp3) is 0.786.